The Bertz CT molecular complexity index is 70.1. The van der Waals surface area contributed by atoms with Gasteiger partial charge >= 0.3 is 0 Å². The van der Waals surface area contributed by atoms with Crippen molar-refractivity contribution in [3.05, 3.63) is 0 Å². The molecule has 4 nitrogen and oxygen atoms in total. The topological polar surface area (TPSA) is 47.9 Å². The summed E-state index contributed by atoms with van der Waals surface area (Å²) in [6.07, 6.45) is -0.493. The van der Waals surface area contributed by atoms with Gasteiger partial charge < -0.3 is 19.3 Å². The molecule has 0 saturated heterocycles. The molecule has 0 aromatic heterocycles. The molecule has 1 atom stereocenters. The van der Waals surface area contributed by atoms with Crippen molar-refractivity contribution in [2.75, 3.05) is 20.8 Å². The third kappa shape index (κ3) is 4.69. The van der Waals surface area contributed by atoms with Crippen LogP contribution in [0.4, 0.5) is 0 Å². The summed E-state index contributed by atoms with van der Waals surface area (Å²) in [7, 11) is 2.94. The molecule has 0 amide bonds. The van der Waals surface area contributed by atoms with Crippen molar-refractivity contribution in [3.63, 3.8) is 0 Å². The van der Waals surface area contributed by atoms with Gasteiger partial charge in [-0.1, -0.05) is 0 Å². The van der Waals surface area contributed by atoms with E-state index in [0.29, 0.717) is 0 Å². The van der Waals surface area contributed by atoms with Crippen LogP contribution in [0.5, 0.6) is 0 Å². The van der Waals surface area contributed by atoms with E-state index in [0.717, 1.165) is 0 Å². The number of rotatable bonds is 5. The molecule has 4 heteroatoms. The predicted octanol–water partition coefficient (Wildman–Crippen LogP) is -0.0398. The maximum Gasteiger partial charge on any atom is 0.271 e. The van der Waals surface area contributed by atoms with Crippen LogP contribution in [0.1, 0.15) is 6.92 Å². The summed E-state index contributed by atoms with van der Waals surface area (Å²) in [5.74, 6) is 0. The lowest BCUT2D eigenvalue weighted by molar-refractivity contribution is -0.271. The van der Waals surface area contributed by atoms with Crippen LogP contribution in [0.2, 0.25) is 0 Å². The summed E-state index contributed by atoms with van der Waals surface area (Å²) < 4.78 is 14.3. The van der Waals surface area contributed by atoms with Crippen molar-refractivity contribution in [1.82, 2.24) is 0 Å². The highest BCUT2D eigenvalue weighted by Crippen LogP contribution is 1.94. The number of aliphatic hydroxyl groups is 1. The average molecular weight is 150 g/mol. The highest BCUT2D eigenvalue weighted by atomic mass is 16.8. The fraction of sp³-hybridized carbons (Fsp3) is 1.00. The third-order valence-corrected chi connectivity index (χ3v) is 0.858. The molecule has 0 bridgehead atoms. The van der Waals surface area contributed by atoms with Crippen LogP contribution in [0.25, 0.3) is 0 Å². The average Bonchev–Trinajstić information content (AvgIpc) is 1.90. The van der Waals surface area contributed by atoms with Crippen molar-refractivity contribution < 1.29 is 19.3 Å². The lowest BCUT2D eigenvalue weighted by Gasteiger charge is -2.14. The van der Waals surface area contributed by atoms with Crippen molar-refractivity contribution in [1.29, 1.82) is 0 Å². The number of aliphatic hydroxyl groups excluding tert-OH is 1. The van der Waals surface area contributed by atoms with Crippen molar-refractivity contribution in [3.8, 4) is 0 Å². The first kappa shape index (κ1) is 9.84. The van der Waals surface area contributed by atoms with Crippen LogP contribution in [-0.4, -0.2) is 38.5 Å². The maximum absolute atomic E-state index is 8.76. The van der Waals surface area contributed by atoms with Crippen molar-refractivity contribution in [2.24, 2.45) is 0 Å². The summed E-state index contributed by atoms with van der Waals surface area (Å²) in [6.45, 7) is 1.17. The van der Waals surface area contributed by atoms with Gasteiger partial charge in [-0.2, -0.15) is 0 Å². The Morgan fingerprint density at radius 2 is 1.80 bits per heavy atom. The number of hydrogen-bond acceptors (Lipinski definition) is 4. The molecular weight excluding hydrogens is 136 g/mol. The molecule has 62 valence electrons. The second-order valence-electron chi connectivity index (χ2n) is 1.94. The molecule has 0 aromatic carbocycles. The first-order valence-electron chi connectivity index (χ1n) is 3.06. The van der Waals surface area contributed by atoms with E-state index in [2.05, 4.69) is 0 Å². The summed E-state index contributed by atoms with van der Waals surface area (Å²) in [5, 5.41) is 8.76. The fourth-order valence-electron chi connectivity index (χ4n) is 0.450. The molecule has 0 aliphatic carbocycles. The molecule has 10 heavy (non-hydrogen) atoms. The summed E-state index contributed by atoms with van der Waals surface area (Å²) in [4.78, 5) is 0. The Labute approximate surface area is 60.7 Å². The van der Waals surface area contributed by atoms with Crippen molar-refractivity contribution >= 4 is 0 Å². The Kier molecular flexibility index (Phi) is 5.52. The highest BCUT2D eigenvalue weighted by Gasteiger charge is 2.05. The molecule has 0 aromatic rings. The van der Waals surface area contributed by atoms with E-state index in [1.807, 2.05) is 0 Å². The lowest BCUT2D eigenvalue weighted by atomic mass is 10.4. The van der Waals surface area contributed by atoms with E-state index in [9.17, 15) is 0 Å². The molecule has 0 aliphatic rings. The van der Waals surface area contributed by atoms with E-state index >= 15 is 0 Å². The SMILES string of the molecule is COC(OC)OCC(C)O. The molecule has 0 heterocycles. The molecule has 1 N–H and O–H groups in total. The van der Waals surface area contributed by atoms with E-state index in [4.69, 9.17) is 19.3 Å². The molecular formula is C6H14O4. The third-order valence-electron chi connectivity index (χ3n) is 0.858. The maximum atomic E-state index is 8.76. The smallest absolute Gasteiger partial charge is 0.271 e. The number of hydrogen-bond donors (Lipinski definition) is 1. The second-order valence-corrected chi connectivity index (χ2v) is 1.94. The van der Waals surface area contributed by atoms with E-state index < -0.39 is 12.6 Å². The molecule has 1 unspecified atom stereocenters. The zero-order chi connectivity index (χ0) is 7.98. The van der Waals surface area contributed by atoms with E-state index in [-0.39, 0.29) is 6.61 Å². The molecule has 0 radical (unpaired) electrons. The zero-order valence-corrected chi connectivity index (χ0v) is 6.53. The van der Waals surface area contributed by atoms with Crippen LogP contribution in [-0.2, 0) is 14.2 Å². The molecule has 0 rings (SSSR count). The second kappa shape index (κ2) is 5.61. The van der Waals surface area contributed by atoms with Crippen LogP contribution in [0.3, 0.4) is 0 Å². The largest absolute Gasteiger partial charge is 0.391 e. The van der Waals surface area contributed by atoms with Gasteiger partial charge in [-0.15, -0.1) is 0 Å². The minimum atomic E-state index is -0.672. The normalized spacial score (nSPS) is 14.1. The Hall–Kier alpha value is -0.160. The molecule has 0 spiro atoms. The number of methoxy groups -OCH3 is 2. The Morgan fingerprint density at radius 3 is 2.10 bits per heavy atom. The van der Waals surface area contributed by atoms with Gasteiger partial charge in [-0.05, 0) is 6.92 Å². The highest BCUT2D eigenvalue weighted by molar-refractivity contribution is 4.39. The minimum Gasteiger partial charge on any atom is -0.391 e. The van der Waals surface area contributed by atoms with Crippen LogP contribution in [0.15, 0.2) is 0 Å². The standard InChI is InChI=1S/C6H14O4/c1-5(7)4-10-6(8-2)9-3/h5-7H,4H2,1-3H3. The van der Waals surface area contributed by atoms with Gasteiger partial charge in [0.2, 0.25) is 0 Å². The Morgan fingerprint density at radius 1 is 1.30 bits per heavy atom. The first-order valence-corrected chi connectivity index (χ1v) is 3.06. The van der Waals surface area contributed by atoms with E-state index in [1.54, 1.807) is 6.92 Å². The lowest BCUT2D eigenvalue weighted by Crippen LogP contribution is -2.22. The van der Waals surface area contributed by atoms with Gasteiger partial charge in [0.15, 0.2) is 0 Å². The summed E-state index contributed by atoms with van der Waals surface area (Å²) >= 11 is 0. The quantitative estimate of drug-likeness (QED) is 0.559. The zero-order valence-electron chi connectivity index (χ0n) is 6.53. The van der Waals surface area contributed by atoms with Gasteiger partial charge in [0.05, 0.1) is 12.7 Å². The van der Waals surface area contributed by atoms with Crippen LogP contribution < -0.4 is 0 Å². The van der Waals surface area contributed by atoms with Crippen LogP contribution >= 0.6 is 0 Å². The predicted molar refractivity (Wildman–Crippen MR) is 35.4 cm³/mol. The molecule has 0 saturated carbocycles. The van der Waals surface area contributed by atoms with Gasteiger partial charge in [0, 0.05) is 14.2 Å². The molecule has 0 fully saturated rings. The van der Waals surface area contributed by atoms with Gasteiger partial charge in [0.1, 0.15) is 0 Å². The summed E-state index contributed by atoms with van der Waals surface area (Å²) in [6, 6.07) is 0. The van der Waals surface area contributed by atoms with E-state index in [1.165, 1.54) is 14.2 Å². The van der Waals surface area contributed by atoms with Gasteiger partial charge in [-0.3, -0.25) is 0 Å². The van der Waals surface area contributed by atoms with Gasteiger partial charge in [-0.25, -0.2) is 0 Å². The Balaban J connectivity index is 3.26. The fourth-order valence-corrected chi connectivity index (χ4v) is 0.450. The van der Waals surface area contributed by atoms with Gasteiger partial charge in [0.25, 0.3) is 6.48 Å². The van der Waals surface area contributed by atoms with Crippen molar-refractivity contribution in [2.45, 2.75) is 19.5 Å². The summed E-state index contributed by atoms with van der Waals surface area (Å²) in [5.41, 5.74) is 0. The minimum absolute atomic E-state index is 0.215. The molecule has 0 aliphatic heterocycles. The number of ether oxygens (including phenoxy) is 3. The first-order chi connectivity index (χ1) is 4.70. The van der Waals surface area contributed by atoms with Crippen LogP contribution in [0, 0.1) is 0 Å². The monoisotopic (exact) mass is 150 g/mol.